The van der Waals surface area contributed by atoms with Crippen molar-refractivity contribution in [3.05, 3.63) is 46.7 Å². The lowest BCUT2D eigenvalue weighted by Gasteiger charge is -2.37. The second-order valence-corrected chi connectivity index (χ2v) is 8.47. The Bertz CT molecular complexity index is 505. The average Bonchev–Trinajstić information content (AvgIpc) is 2.63. The van der Waals surface area contributed by atoms with Crippen LogP contribution in [0.15, 0.2) is 35.3 Å². The molecule has 0 nitrogen and oxygen atoms in total. The van der Waals surface area contributed by atoms with Gasteiger partial charge < -0.3 is 0 Å². The van der Waals surface area contributed by atoms with Gasteiger partial charge in [0.05, 0.1) is 0 Å². The van der Waals surface area contributed by atoms with E-state index in [1.165, 1.54) is 63.4 Å². The Hall–Kier alpha value is -0.630. The summed E-state index contributed by atoms with van der Waals surface area (Å²) in [5, 5.41) is 0. The molecule has 0 heterocycles. The van der Waals surface area contributed by atoms with E-state index in [0.29, 0.717) is 0 Å². The maximum absolute atomic E-state index is 13.0. The highest BCUT2D eigenvalue weighted by Crippen LogP contribution is 2.42. The lowest BCUT2D eigenvalue weighted by atomic mass is 9.68. The fourth-order valence-corrected chi connectivity index (χ4v) is 5.31. The SMILES string of the molecule is Fc1ccc(CCC2CCC(C3CCC(/C=C/Br)CC3)CC2)cc1. The van der Waals surface area contributed by atoms with E-state index in [1.807, 2.05) is 17.1 Å². The Kier molecular flexibility index (Phi) is 6.95. The van der Waals surface area contributed by atoms with Gasteiger partial charge in [0.15, 0.2) is 0 Å². The third-order valence-electron chi connectivity index (χ3n) is 6.47. The Labute approximate surface area is 155 Å². The minimum absolute atomic E-state index is 0.124. The van der Waals surface area contributed by atoms with Crippen LogP contribution in [0.1, 0.15) is 63.4 Å². The first-order valence-electron chi connectivity index (χ1n) is 9.76. The van der Waals surface area contributed by atoms with Crippen LogP contribution in [-0.2, 0) is 6.42 Å². The minimum Gasteiger partial charge on any atom is -0.207 e. The Morgan fingerprint density at radius 3 is 2.04 bits per heavy atom. The molecule has 3 rings (SSSR count). The molecule has 2 aliphatic rings. The van der Waals surface area contributed by atoms with Crippen LogP contribution < -0.4 is 0 Å². The molecule has 2 fully saturated rings. The summed E-state index contributed by atoms with van der Waals surface area (Å²) in [7, 11) is 0. The highest BCUT2D eigenvalue weighted by molar-refractivity contribution is 9.11. The van der Waals surface area contributed by atoms with Crippen molar-refractivity contribution < 1.29 is 4.39 Å². The quantitative estimate of drug-likeness (QED) is 0.493. The van der Waals surface area contributed by atoms with E-state index in [1.54, 1.807) is 12.1 Å². The molecule has 2 saturated carbocycles. The standard InChI is InChI=1S/C22H30BrF/c23-16-15-19-5-11-21(12-6-19)20-9-3-17(4-10-20)1-2-18-7-13-22(24)14-8-18/h7-8,13-17,19-21H,1-6,9-12H2/b16-15+. The molecule has 0 aromatic heterocycles. The number of hydrogen-bond acceptors (Lipinski definition) is 0. The number of hydrogen-bond donors (Lipinski definition) is 0. The molecule has 0 spiro atoms. The predicted octanol–water partition coefficient (Wildman–Crippen LogP) is 7.28. The first-order chi connectivity index (χ1) is 11.7. The molecule has 0 unspecified atom stereocenters. The molecule has 0 atom stereocenters. The fraction of sp³-hybridized carbons (Fsp3) is 0.636. The zero-order valence-corrected chi connectivity index (χ0v) is 16.2. The van der Waals surface area contributed by atoms with Gasteiger partial charge >= 0.3 is 0 Å². The number of rotatable bonds is 5. The van der Waals surface area contributed by atoms with Gasteiger partial charge in [0.25, 0.3) is 0 Å². The van der Waals surface area contributed by atoms with E-state index in [4.69, 9.17) is 0 Å². The van der Waals surface area contributed by atoms with Crippen LogP contribution in [0.25, 0.3) is 0 Å². The molecule has 2 heteroatoms. The highest BCUT2D eigenvalue weighted by Gasteiger charge is 2.30. The van der Waals surface area contributed by atoms with Gasteiger partial charge in [0, 0.05) is 0 Å². The molecule has 1 aromatic rings. The van der Waals surface area contributed by atoms with Gasteiger partial charge in [0.2, 0.25) is 0 Å². The molecular weight excluding hydrogens is 363 g/mol. The number of allylic oxidation sites excluding steroid dienone is 1. The summed E-state index contributed by atoms with van der Waals surface area (Å²) in [6, 6.07) is 7.07. The third kappa shape index (κ3) is 5.18. The van der Waals surface area contributed by atoms with Crippen LogP contribution in [0.2, 0.25) is 0 Å². The summed E-state index contributed by atoms with van der Waals surface area (Å²) in [5.74, 6) is 3.55. The van der Waals surface area contributed by atoms with Gasteiger partial charge in [0.1, 0.15) is 5.82 Å². The van der Waals surface area contributed by atoms with Crippen molar-refractivity contribution in [1.82, 2.24) is 0 Å². The van der Waals surface area contributed by atoms with Crippen LogP contribution in [-0.4, -0.2) is 0 Å². The van der Waals surface area contributed by atoms with Crippen molar-refractivity contribution >= 4 is 15.9 Å². The second-order valence-electron chi connectivity index (χ2n) is 7.94. The third-order valence-corrected chi connectivity index (χ3v) is 6.78. The van der Waals surface area contributed by atoms with Gasteiger partial charge in [-0.05, 0) is 97.7 Å². The van der Waals surface area contributed by atoms with Gasteiger partial charge in [-0.1, -0.05) is 47.0 Å². The molecule has 0 aliphatic heterocycles. The van der Waals surface area contributed by atoms with Crippen LogP contribution >= 0.6 is 15.9 Å². The summed E-state index contributed by atoms with van der Waals surface area (Å²) >= 11 is 3.42. The zero-order valence-electron chi connectivity index (χ0n) is 14.6. The minimum atomic E-state index is -0.124. The van der Waals surface area contributed by atoms with Crippen molar-refractivity contribution in [3.63, 3.8) is 0 Å². The molecule has 1 aromatic carbocycles. The topological polar surface area (TPSA) is 0 Å². The first-order valence-corrected chi connectivity index (χ1v) is 10.7. The monoisotopic (exact) mass is 392 g/mol. The average molecular weight is 393 g/mol. The summed E-state index contributed by atoms with van der Waals surface area (Å²) in [4.78, 5) is 2.05. The summed E-state index contributed by atoms with van der Waals surface area (Å²) < 4.78 is 13.0. The molecule has 24 heavy (non-hydrogen) atoms. The van der Waals surface area contributed by atoms with Gasteiger partial charge in [-0.25, -0.2) is 4.39 Å². The van der Waals surface area contributed by atoms with E-state index in [-0.39, 0.29) is 5.82 Å². The van der Waals surface area contributed by atoms with E-state index in [2.05, 4.69) is 22.0 Å². The molecule has 0 radical (unpaired) electrons. The van der Waals surface area contributed by atoms with E-state index < -0.39 is 0 Å². The Morgan fingerprint density at radius 1 is 0.875 bits per heavy atom. The van der Waals surface area contributed by atoms with E-state index >= 15 is 0 Å². The molecule has 0 saturated heterocycles. The van der Waals surface area contributed by atoms with Crippen LogP contribution in [0.3, 0.4) is 0 Å². The van der Waals surface area contributed by atoms with Crippen LogP contribution in [0, 0.1) is 29.5 Å². The lowest BCUT2D eigenvalue weighted by Crippen LogP contribution is -2.25. The van der Waals surface area contributed by atoms with Crippen molar-refractivity contribution in [2.45, 2.75) is 64.2 Å². The Balaban J connectivity index is 1.37. The highest BCUT2D eigenvalue weighted by atomic mass is 79.9. The van der Waals surface area contributed by atoms with E-state index in [0.717, 1.165) is 30.1 Å². The largest absolute Gasteiger partial charge is 0.207 e. The summed E-state index contributed by atoms with van der Waals surface area (Å²) in [5.41, 5.74) is 1.29. The van der Waals surface area contributed by atoms with Gasteiger partial charge in [-0.2, -0.15) is 0 Å². The van der Waals surface area contributed by atoms with Crippen molar-refractivity contribution in [3.8, 4) is 0 Å². The maximum Gasteiger partial charge on any atom is 0.123 e. The molecule has 0 amide bonds. The molecule has 0 N–H and O–H groups in total. The number of halogens is 2. The predicted molar refractivity (Wildman–Crippen MR) is 104 cm³/mol. The normalized spacial score (nSPS) is 31.4. The van der Waals surface area contributed by atoms with Gasteiger partial charge in [-0.15, -0.1) is 0 Å². The summed E-state index contributed by atoms with van der Waals surface area (Å²) in [6.45, 7) is 0. The van der Waals surface area contributed by atoms with Crippen molar-refractivity contribution in [2.75, 3.05) is 0 Å². The molecular formula is C22H30BrF. The molecule has 132 valence electrons. The van der Waals surface area contributed by atoms with Crippen molar-refractivity contribution in [2.24, 2.45) is 23.7 Å². The summed E-state index contributed by atoms with van der Waals surface area (Å²) in [6.07, 6.45) is 16.1. The zero-order chi connectivity index (χ0) is 16.8. The van der Waals surface area contributed by atoms with Crippen LogP contribution in [0.4, 0.5) is 4.39 Å². The Morgan fingerprint density at radius 2 is 1.46 bits per heavy atom. The maximum atomic E-state index is 13.0. The van der Waals surface area contributed by atoms with Crippen molar-refractivity contribution in [1.29, 1.82) is 0 Å². The van der Waals surface area contributed by atoms with Crippen LogP contribution in [0.5, 0.6) is 0 Å². The second kappa shape index (κ2) is 9.17. The molecule has 0 bridgehead atoms. The fourth-order valence-electron chi connectivity index (χ4n) is 4.88. The smallest absolute Gasteiger partial charge is 0.123 e. The van der Waals surface area contributed by atoms with Gasteiger partial charge in [-0.3, -0.25) is 0 Å². The number of aryl methyl sites for hydroxylation is 1. The first kappa shape index (κ1) is 18.2. The molecule has 2 aliphatic carbocycles. The number of benzene rings is 1. The van der Waals surface area contributed by atoms with E-state index in [9.17, 15) is 4.39 Å². The lowest BCUT2D eigenvalue weighted by molar-refractivity contribution is 0.153.